The van der Waals surface area contributed by atoms with Gasteiger partial charge in [-0.05, 0) is 24.3 Å². The molecule has 0 saturated heterocycles. The van der Waals surface area contributed by atoms with Gasteiger partial charge in [0.15, 0.2) is 11.3 Å². The Kier molecular flexibility index (Phi) is 3.16. The van der Waals surface area contributed by atoms with Crippen LogP contribution in [0.15, 0.2) is 23.3 Å². The molecule has 2 rings (SSSR count). The summed E-state index contributed by atoms with van der Waals surface area (Å²) in [6.07, 6.45) is 2.99. The largest absolute Gasteiger partial charge is 0.481 e. The molecule has 0 aliphatic carbocycles. The van der Waals surface area contributed by atoms with Crippen molar-refractivity contribution in [3.05, 3.63) is 28.7 Å². The number of rotatable bonds is 4. The van der Waals surface area contributed by atoms with Gasteiger partial charge in [0.05, 0.1) is 17.5 Å². The first-order valence-electron chi connectivity index (χ1n) is 5.59. The topological polar surface area (TPSA) is 114 Å². The lowest BCUT2D eigenvalue weighted by Gasteiger charge is -2.18. The highest BCUT2D eigenvalue weighted by atomic mass is 16.4. The number of aromatic amines is 1. The fourth-order valence-corrected chi connectivity index (χ4v) is 1.54. The molecule has 2 heterocycles. The van der Waals surface area contributed by atoms with Gasteiger partial charge in [0.25, 0.3) is 0 Å². The van der Waals surface area contributed by atoms with Crippen molar-refractivity contribution in [2.45, 2.75) is 20.4 Å². The smallest absolute Gasteiger partial charge is 0.310 e. The summed E-state index contributed by atoms with van der Waals surface area (Å²) < 4.78 is 1.32. The van der Waals surface area contributed by atoms with Crippen LogP contribution in [0.25, 0.3) is 11.4 Å². The van der Waals surface area contributed by atoms with E-state index in [2.05, 4.69) is 20.5 Å². The first kappa shape index (κ1) is 12.9. The van der Waals surface area contributed by atoms with Gasteiger partial charge in [0.2, 0.25) is 0 Å². The van der Waals surface area contributed by atoms with Gasteiger partial charge in [0, 0.05) is 18.5 Å². The predicted molar refractivity (Wildman–Crippen MR) is 65.3 cm³/mol. The van der Waals surface area contributed by atoms with Crippen molar-refractivity contribution >= 4 is 5.97 Å². The zero-order valence-electron chi connectivity index (χ0n) is 10.5. The van der Waals surface area contributed by atoms with Crippen LogP contribution in [0.3, 0.4) is 0 Å². The summed E-state index contributed by atoms with van der Waals surface area (Å²) in [6, 6.07) is 1.36. The average molecular weight is 263 g/mol. The second-order valence-electron chi connectivity index (χ2n) is 4.77. The molecule has 0 aliphatic heterocycles. The Morgan fingerprint density at radius 3 is 2.89 bits per heavy atom. The third-order valence-corrected chi connectivity index (χ3v) is 2.72. The molecule has 0 radical (unpaired) electrons. The van der Waals surface area contributed by atoms with Crippen molar-refractivity contribution < 1.29 is 9.90 Å². The molecular weight excluding hydrogens is 250 g/mol. The summed E-state index contributed by atoms with van der Waals surface area (Å²) in [7, 11) is 0. The number of carbonyl (C=O) groups is 1. The van der Waals surface area contributed by atoms with Crippen molar-refractivity contribution in [2.75, 3.05) is 0 Å². The van der Waals surface area contributed by atoms with Gasteiger partial charge in [-0.15, -0.1) is 5.10 Å². The molecule has 0 saturated carbocycles. The van der Waals surface area contributed by atoms with E-state index >= 15 is 0 Å². The molecule has 0 aliphatic rings. The Hall–Kier alpha value is -2.51. The summed E-state index contributed by atoms with van der Waals surface area (Å²) in [4.78, 5) is 25.6. The summed E-state index contributed by atoms with van der Waals surface area (Å²) in [5, 5.41) is 20.1. The zero-order valence-corrected chi connectivity index (χ0v) is 10.5. The lowest BCUT2D eigenvalue weighted by Crippen LogP contribution is -2.30. The number of pyridine rings is 1. The molecular formula is C11H13N5O3. The van der Waals surface area contributed by atoms with Crippen LogP contribution in [0.1, 0.15) is 13.8 Å². The Morgan fingerprint density at radius 2 is 2.26 bits per heavy atom. The summed E-state index contributed by atoms with van der Waals surface area (Å²) in [5.41, 5.74) is -0.970. The van der Waals surface area contributed by atoms with E-state index in [1.54, 1.807) is 13.8 Å². The molecule has 2 aromatic rings. The molecule has 2 aromatic heterocycles. The summed E-state index contributed by atoms with van der Waals surface area (Å²) in [6.45, 7) is 3.20. The van der Waals surface area contributed by atoms with E-state index in [4.69, 9.17) is 5.11 Å². The normalized spacial score (nSPS) is 11.5. The van der Waals surface area contributed by atoms with E-state index < -0.39 is 11.4 Å². The summed E-state index contributed by atoms with van der Waals surface area (Å²) >= 11 is 0. The number of aliphatic carboxylic acids is 1. The number of hydrogen-bond acceptors (Lipinski definition) is 5. The second kappa shape index (κ2) is 4.63. The minimum Gasteiger partial charge on any atom is -0.481 e. The molecule has 0 atom stereocenters. The van der Waals surface area contributed by atoms with Gasteiger partial charge in [-0.2, -0.15) is 0 Å². The van der Waals surface area contributed by atoms with Gasteiger partial charge in [-0.25, -0.2) is 4.68 Å². The van der Waals surface area contributed by atoms with E-state index in [0.29, 0.717) is 5.56 Å². The van der Waals surface area contributed by atoms with E-state index in [0.717, 1.165) is 0 Å². The molecule has 0 amide bonds. The average Bonchev–Trinajstić information content (AvgIpc) is 2.77. The van der Waals surface area contributed by atoms with E-state index in [-0.39, 0.29) is 17.8 Å². The fraction of sp³-hybridized carbons (Fsp3) is 0.364. The molecule has 0 fully saturated rings. The SMILES string of the molecule is CC(C)(Cn1nnnc1-c1c[nH]ccc1=O)C(=O)O. The second-order valence-corrected chi connectivity index (χ2v) is 4.77. The quantitative estimate of drug-likeness (QED) is 0.811. The van der Waals surface area contributed by atoms with E-state index in [1.165, 1.54) is 23.1 Å². The van der Waals surface area contributed by atoms with Crippen molar-refractivity contribution in [1.82, 2.24) is 25.2 Å². The first-order chi connectivity index (χ1) is 8.92. The highest BCUT2D eigenvalue weighted by Gasteiger charge is 2.29. The molecule has 8 nitrogen and oxygen atoms in total. The maximum Gasteiger partial charge on any atom is 0.310 e. The zero-order chi connectivity index (χ0) is 14.0. The molecule has 19 heavy (non-hydrogen) atoms. The maximum absolute atomic E-state index is 11.7. The Bertz CT molecular complexity index is 658. The van der Waals surface area contributed by atoms with Crippen LogP contribution in [-0.2, 0) is 11.3 Å². The fourth-order valence-electron chi connectivity index (χ4n) is 1.54. The standard InChI is InChI=1S/C11H13N5O3/c1-11(2,10(18)19)6-16-9(13-14-15-16)7-5-12-4-3-8(7)17/h3-5H,6H2,1-2H3,(H,12,17)(H,18,19). The Morgan fingerprint density at radius 1 is 1.53 bits per heavy atom. The van der Waals surface area contributed by atoms with Crippen LogP contribution >= 0.6 is 0 Å². The molecule has 0 unspecified atom stereocenters. The molecule has 0 aromatic carbocycles. The number of carboxylic acid groups (broad SMARTS) is 1. The minimum atomic E-state index is -1.04. The van der Waals surface area contributed by atoms with Crippen molar-refractivity contribution in [3.8, 4) is 11.4 Å². The lowest BCUT2D eigenvalue weighted by atomic mass is 9.94. The lowest BCUT2D eigenvalue weighted by molar-refractivity contribution is -0.147. The number of tetrazole rings is 1. The van der Waals surface area contributed by atoms with Crippen molar-refractivity contribution in [1.29, 1.82) is 0 Å². The number of nitrogens with one attached hydrogen (secondary N) is 1. The summed E-state index contributed by atoms with van der Waals surface area (Å²) in [5.74, 6) is -0.716. The monoisotopic (exact) mass is 263 g/mol. The molecule has 100 valence electrons. The predicted octanol–water partition coefficient (Wildman–Crippen LogP) is 0.139. The third-order valence-electron chi connectivity index (χ3n) is 2.72. The van der Waals surface area contributed by atoms with Gasteiger partial charge in [0.1, 0.15) is 0 Å². The third kappa shape index (κ3) is 2.51. The van der Waals surface area contributed by atoms with Gasteiger partial charge < -0.3 is 10.1 Å². The number of H-pyrrole nitrogens is 1. The minimum absolute atomic E-state index is 0.0685. The van der Waals surface area contributed by atoms with Crippen molar-refractivity contribution in [2.24, 2.45) is 5.41 Å². The van der Waals surface area contributed by atoms with Crippen molar-refractivity contribution in [3.63, 3.8) is 0 Å². The van der Waals surface area contributed by atoms with Crippen LogP contribution in [0, 0.1) is 5.41 Å². The van der Waals surface area contributed by atoms with E-state index in [1.807, 2.05) is 0 Å². The Balaban J connectivity index is 2.42. The van der Waals surface area contributed by atoms with Crippen LogP contribution in [-0.4, -0.2) is 36.3 Å². The molecule has 0 bridgehead atoms. The molecule has 8 heteroatoms. The van der Waals surface area contributed by atoms with Crippen LogP contribution < -0.4 is 5.43 Å². The van der Waals surface area contributed by atoms with Crippen LogP contribution in [0.4, 0.5) is 0 Å². The van der Waals surface area contributed by atoms with Gasteiger partial charge >= 0.3 is 5.97 Å². The molecule has 2 N–H and O–H groups in total. The van der Waals surface area contributed by atoms with Gasteiger partial charge in [-0.3, -0.25) is 9.59 Å². The van der Waals surface area contributed by atoms with Gasteiger partial charge in [-0.1, -0.05) is 0 Å². The van der Waals surface area contributed by atoms with Crippen LogP contribution in [0.2, 0.25) is 0 Å². The Labute approximate surface area is 108 Å². The number of hydrogen-bond donors (Lipinski definition) is 2. The number of nitrogens with zero attached hydrogens (tertiary/aromatic N) is 4. The van der Waals surface area contributed by atoms with Crippen LogP contribution in [0.5, 0.6) is 0 Å². The highest BCUT2D eigenvalue weighted by Crippen LogP contribution is 2.20. The first-order valence-corrected chi connectivity index (χ1v) is 5.59. The maximum atomic E-state index is 11.7. The number of aromatic nitrogens is 5. The molecule has 0 spiro atoms. The van der Waals surface area contributed by atoms with E-state index in [9.17, 15) is 9.59 Å². The highest BCUT2D eigenvalue weighted by molar-refractivity contribution is 5.73. The number of carboxylic acids is 1.